The predicted molar refractivity (Wildman–Crippen MR) is 28.7 cm³/mol. The van der Waals surface area contributed by atoms with Gasteiger partial charge in [0.25, 0.3) is 0 Å². The molecular weight excluding hydrogens is 126 g/mol. The Labute approximate surface area is 52.3 Å². The quantitative estimate of drug-likeness (QED) is 0.153. The topological polar surface area (TPSA) is 73.0 Å². The van der Waals surface area contributed by atoms with E-state index in [0.29, 0.717) is 0 Å². The van der Waals surface area contributed by atoms with Gasteiger partial charge in [-0.05, 0) is 5.16 Å². The van der Waals surface area contributed by atoms with E-state index in [9.17, 15) is 0 Å². The van der Waals surface area contributed by atoms with Crippen LogP contribution >= 0.6 is 0 Å². The molecule has 0 aromatic carbocycles. The SMILES string of the molecule is N#CCC(=NO)[NH2+][S-]. The largest absolute Gasteiger partial charge is 0.490 e. The number of quaternary nitrogens is 1. The molecule has 44 valence electrons. The Morgan fingerprint density at radius 2 is 2.62 bits per heavy atom. The highest BCUT2D eigenvalue weighted by atomic mass is 32.1. The maximum atomic E-state index is 8.00. The van der Waals surface area contributed by atoms with E-state index in [-0.39, 0.29) is 12.3 Å². The average molecular weight is 131 g/mol. The number of nitrogens with zero attached hydrogens (tertiary/aromatic N) is 2. The summed E-state index contributed by atoms with van der Waals surface area (Å²) in [6, 6.07) is 1.78. The van der Waals surface area contributed by atoms with Crippen LogP contribution in [0.4, 0.5) is 0 Å². The van der Waals surface area contributed by atoms with Crippen molar-refractivity contribution in [3.8, 4) is 6.07 Å². The van der Waals surface area contributed by atoms with Crippen molar-refractivity contribution in [2.24, 2.45) is 5.16 Å². The first-order valence-corrected chi connectivity index (χ1v) is 2.35. The first-order chi connectivity index (χ1) is 3.85. The Bertz CT molecular complexity index is 127. The Hall–Kier alpha value is -0.730. The van der Waals surface area contributed by atoms with Gasteiger partial charge in [-0.1, -0.05) is 0 Å². The number of nitrogens with two attached hydrogens (primary N) is 1. The number of hydrogen-bond donors (Lipinski definition) is 2. The average Bonchev–Trinajstić information content (AvgIpc) is 1.83. The van der Waals surface area contributed by atoms with Crippen molar-refractivity contribution in [1.29, 1.82) is 5.26 Å². The highest BCUT2D eigenvalue weighted by molar-refractivity contribution is 7.51. The van der Waals surface area contributed by atoms with Gasteiger partial charge in [0, 0.05) is 0 Å². The highest BCUT2D eigenvalue weighted by Crippen LogP contribution is 1.69. The van der Waals surface area contributed by atoms with Gasteiger partial charge in [-0.15, -0.1) is 0 Å². The monoisotopic (exact) mass is 131 g/mol. The van der Waals surface area contributed by atoms with Crippen LogP contribution in [-0.2, 0) is 12.8 Å². The molecule has 8 heavy (non-hydrogen) atoms. The molecule has 0 aliphatic carbocycles. The van der Waals surface area contributed by atoms with Gasteiger partial charge in [-0.2, -0.15) is 5.26 Å². The van der Waals surface area contributed by atoms with Gasteiger partial charge >= 0.3 is 0 Å². The fourth-order valence-corrected chi connectivity index (χ4v) is 0.312. The van der Waals surface area contributed by atoms with E-state index in [1.54, 1.807) is 6.07 Å². The molecule has 0 saturated heterocycles. The van der Waals surface area contributed by atoms with Crippen molar-refractivity contribution in [3.05, 3.63) is 0 Å². The van der Waals surface area contributed by atoms with Crippen LogP contribution in [-0.4, -0.2) is 11.0 Å². The number of amidine groups is 1. The lowest BCUT2D eigenvalue weighted by Gasteiger charge is -1.96. The second kappa shape index (κ2) is 4.43. The van der Waals surface area contributed by atoms with Crippen LogP contribution in [0, 0.1) is 11.3 Å². The molecule has 0 aliphatic rings. The minimum Gasteiger partial charge on any atom is -0.490 e. The maximum Gasteiger partial charge on any atom is 0.231 e. The van der Waals surface area contributed by atoms with Crippen LogP contribution in [0.15, 0.2) is 5.16 Å². The van der Waals surface area contributed by atoms with Crippen molar-refractivity contribution in [1.82, 2.24) is 0 Å². The number of hydrogen-bond acceptors (Lipinski definition) is 4. The van der Waals surface area contributed by atoms with Gasteiger partial charge in [0.15, 0.2) is 0 Å². The molecule has 0 spiro atoms. The van der Waals surface area contributed by atoms with Crippen LogP contribution < -0.4 is 4.72 Å². The summed E-state index contributed by atoms with van der Waals surface area (Å²) in [5.41, 5.74) is 0. The zero-order valence-electron chi connectivity index (χ0n) is 4.03. The van der Waals surface area contributed by atoms with Gasteiger partial charge in [0.2, 0.25) is 5.84 Å². The lowest BCUT2D eigenvalue weighted by Crippen LogP contribution is -2.82. The highest BCUT2D eigenvalue weighted by Gasteiger charge is 1.92. The zero-order chi connectivity index (χ0) is 6.41. The minimum absolute atomic E-state index is 0.0694. The summed E-state index contributed by atoms with van der Waals surface area (Å²) in [6.07, 6.45) is 0.0694. The van der Waals surface area contributed by atoms with Gasteiger partial charge < -0.3 is 22.7 Å². The molecule has 5 heteroatoms. The number of oxime groups is 1. The van der Waals surface area contributed by atoms with E-state index in [2.05, 4.69) is 18.0 Å². The molecule has 0 saturated carbocycles. The normalized spacial score (nSPS) is 10.8. The van der Waals surface area contributed by atoms with Crippen LogP contribution in [0.2, 0.25) is 0 Å². The van der Waals surface area contributed by atoms with Gasteiger partial charge in [-0.3, -0.25) is 0 Å². The second-order valence-electron chi connectivity index (χ2n) is 1.04. The molecule has 0 aliphatic heterocycles. The minimum atomic E-state index is 0.0694. The lowest BCUT2D eigenvalue weighted by atomic mass is 10.4. The molecule has 0 amide bonds. The molecular formula is C3H5N3OS. The van der Waals surface area contributed by atoms with E-state index in [1.165, 1.54) is 4.72 Å². The van der Waals surface area contributed by atoms with Gasteiger partial charge in [0.05, 0.1) is 6.07 Å². The Morgan fingerprint density at radius 3 is 2.75 bits per heavy atom. The lowest BCUT2D eigenvalue weighted by molar-refractivity contribution is -0.342. The van der Waals surface area contributed by atoms with Crippen LogP contribution in [0.1, 0.15) is 6.42 Å². The molecule has 0 rings (SSSR count). The molecule has 0 aromatic rings. The van der Waals surface area contributed by atoms with E-state index in [1.807, 2.05) is 0 Å². The first kappa shape index (κ1) is 7.27. The van der Waals surface area contributed by atoms with Crippen LogP contribution in [0.25, 0.3) is 0 Å². The smallest absolute Gasteiger partial charge is 0.231 e. The summed E-state index contributed by atoms with van der Waals surface area (Å²) in [6.45, 7) is 0. The molecule has 0 atom stereocenters. The van der Waals surface area contributed by atoms with E-state index >= 15 is 0 Å². The van der Waals surface area contributed by atoms with Crippen molar-refractivity contribution < 1.29 is 9.93 Å². The molecule has 0 heterocycles. The Morgan fingerprint density at radius 1 is 2.00 bits per heavy atom. The molecule has 0 fully saturated rings. The van der Waals surface area contributed by atoms with E-state index in [4.69, 9.17) is 10.5 Å². The molecule has 4 nitrogen and oxygen atoms in total. The molecule has 0 radical (unpaired) electrons. The third-order valence-electron chi connectivity index (χ3n) is 0.525. The third-order valence-corrected chi connectivity index (χ3v) is 0.797. The van der Waals surface area contributed by atoms with Gasteiger partial charge in [0.1, 0.15) is 6.42 Å². The number of nitriles is 1. The summed E-state index contributed by atoms with van der Waals surface area (Å²) >= 11 is 4.37. The standard InChI is InChI=1S/C3H5N3OS/c4-2-1-3(5-7)6-8/h7H,1,6H2. The van der Waals surface area contributed by atoms with Crippen LogP contribution in [0.3, 0.4) is 0 Å². The summed E-state index contributed by atoms with van der Waals surface area (Å²) in [4.78, 5) is 0. The molecule has 0 bridgehead atoms. The van der Waals surface area contributed by atoms with Crippen molar-refractivity contribution in [2.45, 2.75) is 6.42 Å². The molecule has 0 aromatic heterocycles. The number of rotatable bonds is 1. The maximum absolute atomic E-state index is 8.00. The van der Waals surface area contributed by atoms with Crippen molar-refractivity contribution in [3.63, 3.8) is 0 Å². The Balaban J connectivity index is 3.59. The zero-order valence-corrected chi connectivity index (χ0v) is 4.85. The fourth-order valence-electron chi connectivity index (χ4n) is 0.182. The third kappa shape index (κ3) is 2.44. The summed E-state index contributed by atoms with van der Waals surface area (Å²) in [5.74, 6) is 0.225. The predicted octanol–water partition coefficient (Wildman–Crippen LogP) is -1.29. The molecule has 3 N–H and O–H groups in total. The summed E-state index contributed by atoms with van der Waals surface area (Å²) in [7, 11) is 0. The fraction of sp³-hybridized carbons (Fsp3) is 0.333. The van der Waals surface area contributed by atoms with Crippen molar-refractivity contribution >= 4 is 18.7 Å². The van der Waals surface area contributed by atoms with E-state index < -0.39 is 0 Å². The van der Waals surface area contributed by atoms with Gasteiger partial charge in [-0.25, -0.2) is 0 Å². The summed E-state index contributed by atoms with van der Waals surface area (Å²) < 4.78 is 1.17. The van der Waals surface area contributed by atoms with Crippen molar-refractivity contribution in [2.75, 3.05) is 0 Å². The summed E-state index contributed by atoms with van der Waals surface area (Å²) in [5, 5.41) is 18.7. The first-order valence-electron chi connectivity index (χ1n) is 1.88. The van der Waals surface area contributed by atoms with Crippen LogP contribution in [0.5, 0.6) is 0 Å². The van der Waals surface area contributed by atoms with E-state index in [0.717, 1.165) is 0 Å². The second-order valence-corrected chi connectivity index (χ2v) is 1.28. The molecule has 0 unspecified atom stereocenters. The Kier molecular flexibility index (Phi) is 4.03.